The smallest absolute Gasteiger partial charge is 0.00490 e. The molecule has 0 saturated carbocycles. The van der Waals surface area contributed by atoms with Gasteiger partial charge in [0, 0.05) is 11.3 Å². The van der Waals surface area contributed by atoms with Crippen molar-refractivity contribution in [3.8, 4) is 0 Å². The zero-order valence-electron chi connectivity index (χ0n) is 9.05. The molecule has 0 aliphatic rings. The molecule has 12 heavy (non-hydrogen) atoms. The summed E-state index contributed by atoms with van der Waals surface area (Å²) in [6.07, 6.45) is 1.27. The molecule has 2 unspecified atom stereocenters. The van der Waals surface area contributed by atoms with E-state index in [2.05, 4.69) is 51.7 Å². The summed E-state index contributed by atoms with van der Waals surface area (Å²) in [4.78, 5) is 0. The van der Waals surface area contributed by atoms with Gasteiger partial charge in [0.2, 0.25) is 0 Å². The van der Waals surface area contributed by atoms with Gasteiger partial charge >= 0.3 is 0 Å². The van der Waals surface area contributed by atoms with E-state index in [-0.39, 0.29) is 0 Å². The van der Waals surface area contributed by atoms with Gasteiger partial charge in [-0.15, -0.1) is 0 Å². The zero-order valence-corrected chi connectivity index (χ0v) is 9.87. The quantitative estimate of drug-likeness (QED) is 0.689. The molecule has 0 amide bonds. The summed E-state index contributed by atoms with van der Waals surface area (Å²) in [7, 11) is 0. The predicted molar refractivity (Wildman–Crippen MR) is 59.9 cm³/mol. The minimum Gasteiger partial charge on any atom is -0.314 e. The molecule has 0 heterocycles. The number of nitrogens with one attached hydrogen (secondary N) is 1. The molecule has 1 N–H and O–H groups in total. The molecule has 0 aliphatic heterocycles. The first kappa shape index (κ1) is 12.3. The molecule has 0 fully saturated rings. The standard InChI is InChI=1S/C10H23NS/c1-6-11-9(4)7-10(5)12-8(2)3/h8-11H,6-7H2,1-5H3. The van der Waals surface area contributed by atoms with Crippen molar-refractivity contribution in [3.05, 3.63) is 0 Å². The summed E-state index contributed by atoms with van der Waals surface area (Å²) in [5, 5.41) is 4.97. The largest absolute Gasteiger partial charge is 0.314 e. The van der Waals surface area contributed by atoms with Crippen molar-refractivity contribution in [1.82, 2.24) is 5.32 Å². The van der Waals surface area contributed by atoms with Crippen molar-refractivity contribution in [1.29, 1.82) is 0 Å². The average molecular weight is 189 g/mol. The van der Waals surface area contributed by atoms with Crippen molar-refractivity contribution in [2.75, 3.05) is 6.54 Å². The Morgan fingerprint density at radius 2 is 1.75 bits per heavy atom. The maximum Gasteiger partial charge on any atom is 0.00490 e. The van der Waals surface area contributed by atoms with E-state index in [0.717, 1.165) is 17.0 Å². The van der Waals surface area contributed by atoms with Crippen LogP contribution in [0.2, 0.25) is 0 Å². The SMILES string of the molecule is CCNC(C)CC(C)SC(C)C. The van der Waals surface area contributed by atoms with E-state index in [4.69, 9.17) is 0 Å². The number of hydrogen-bond acceptors (Lipinski definition) is 2. The van der Waals surface area contributed by atoms with Gasteiger partial charge in [-0.25, -0.2) is 0 Å². The number of rotatable bonds is 6. The highest BCUT2D eigenvalue weighted by atomic mass is 32.2. The minimum atomic E-state index is 0.663. The lowest BCUT2D eigenvalue weighted by Crippen LogP contribution is -2.28. The average Bonchev–Trinajstić information content (AvgIpc) is 1.84. The van der Waals surface area contributed by atoms with Crippen LogP contribution in [0.15, 0.2) is 0 Å². The van der Waals surface area contributed by atoms with Crippen molar-refractivity contribution in [3.63, 3.8) is 0 Å². The highest BCUT2D eigenvalue weighted by Gasteiger charge is 2.09. The first-order valence-corrected chi connectivity index (χ1v) is 5.89. The van der Waals surface area contributed by atoms with Crippen LogP contribution in [0.4, 0.5) is 0 Å². The van der Waals surface area contributed by atoms with E-state index in [1.807, 2.05) is 0 Å². The van der Waals surface area contributed by atoms with E-state index in [1.165, 1.54) is 6.42 Å². The van der Waals surface area contributed by atoms with Crippen LogP contribution in [-0.4, -0.2) is 23.1 Å². The molecule has 0 radical (unpaired) electrons. The number of thioether (sulfide) groups is 1. The molecule has 74 valence electrons. The van der Waals surface area contributed by atoms with Gasteiger partial charge in [-0.2, -0.15) is 11.8 Å². The van der Waals surface area contributed by atoms with Gasteiger partial charge < -0.3 is 5.32 Å². The molecule has 0 aromatic rings. The first-order chi connectivity index (χ1) is 5.56. The van der Waals surface area contributed by atoms with Crippen molar-refractivity contribution < 1.29 is 0 Å². The normalized spacial score (nSPS) is 16.5. The molecule has 0 rings (SSSR count). The van der Waals surface area contributed by atoms with Crippen LogP contribution in [0.1, 0.15) is 41.0 Å². The van der Waals surface area contributed by atoms with Crippen LogP contribution in [0.25, 0.3) is 0 Å². The molecule has 0 saturated heterocycles. The Morgan fingerprint density at radius 1 is 1.17 bits per heavy atom. The third-order valence-electron chi connectivity index (χ3n) is 1.74. The first-order valence-electron chi connectivity index (χ1n) is 4.95. The molecular weight excluding hydrogens is 166 g/mol. The molecule has 0 aromatic carbocycles. The van der Waals surface area contributed by atoms with E-state index >= 15 is 0 Å². The molecular formula is C10H23NS. The maximum absolute atomic E-state index is 3.44. The third-order valence-corrected chi connectivity index (χ3v) is 2.94. The molecule has 1 nitrogen and oxygen atoms in total. The number of hydrogen-bond donors (Lipinski definition) is 1. The van der Waals surface area contributed by atoms with Crippen LogP contribution in [-0.2, 0) is 0 Å². The lowest BCUT2D eigenvalue weighted by molar-refractivity contribution is 0.529. The topological polar surface area (TPSA) is 12.0 Å². The van der Waals surface area contributed by atoms with Gasteiger partial charge in [0.05, 0.1) is 0 Å². The summed E-state index contributed by atoms with van der Waals surface area (Å²) in [5.41, 5.74) is 0. The Hall–Kier alpha value is 0.310. The van der Waals surface area contributed by atoms with Crippen LogP contribution in [0, 0.1) is 0 Å². The van der Waals surface area contributed by atoms with Crippen LogP contribution >= 0.6 is 11.8 Å². The van der Waals surface area contributed by atoms with Gasteiger partial charge in [0.15, 0.2) is 0 Å². The second kappa shape index (κ2) is 6.79. The van der Waals surface area contributed by atoms with Gasteiger partial charge in [-0.05, 0) is 25.1 Å². The fourth-order valence-electron chi connectivity index (χ4n) is 1.45. The van der Waals surface area contributed by atoms with Crippen molar-refractivity contribution in [2.24, 2.45) is 0 Å². The van der Waals surface area contributed by atoms with Gasteiger partial charge in [0.25, 0.3) is 0 Å². The Morgan fingerprint density at radius 3 is 2.17 bits per heavy atom. The molecule has 0 aromatic heterocycles. The molecule has 0 spiro atoms. The summed E-state index contributed by atoms with van der Waals surface area (Å²) >= 11 is 2.07. The summed E-state index contributed by atoms with van der Waals surface area (Å²) in [6, 6.07) is 0.663. The zero-order chi connectivity index (χ0) is 9.56. The third kappa shape index (κ3) is 6.99. The highest BCUT2D eigenvalue weighted by molar-refractivity contribution is 8.00. The van der Waals surface area contributed by atoms with E-state index in [9.17, 15) is 0 Å². The van der Waals surface area contributed by atoms with Crippen molar-refractivity contribution in [2.45, 2.75) is 57.6 Å². The van der Waals surface area contributed by atoms with Crippen LogP contribution < -0.4 is 5.32 Å². The second-order valence-electron chi connectivity index (χ2n) is 3.69. The Bertz CT molecular complexity index is 104. The predicted octanol–water partition coefficient (Wildman–Crippen LogP) is 2.90. The van der Waals surface area contributed by atoms with Crippen LogP contribution in [0.3, 0.4) is 0 Å². The molecule has 0 aliphatic carbocycles. The maximum atomic E-state index is 3.44. The fraction of sp³-hybridized carbons (Fsp3) is 1.00. The summed E-state index contributed by atoms with van der Waals surface area (Å²) in [6.45, 7) is 12.4. The Labute approximate surface area is 81.7 Å². The monoisotopic (exact) mass is 189 g/mol. The van der Waals surface area contributed by atoms with Crippen molar-refractivity contribution >= 4 is 11.8 Å². The van der Waals surface area contributed by atoms with E-state index in [1.54, 1.807) is 0 Å². The van der Waals surface area contributed by atoms with Gasteiger partial charge in [0.1, 0.15) is 0 Å². The summed E-state index contributed by atoms with van der Waals surface area (Å²) in [5.74, 6) is 0. The lowest BCUT2D eigenvalue weighted by atomic mass is 10.2. The van der Waals surface area contributed by atoms with Gasteiger partial charge in [-0.3, -0.25) is 0 Å². The summed E-state index contributed by atoms with van der Waals surface area (Å²) < 4.78 is 0. The highest BCUT2D eigenvalue weighted by Crippen LogP contribution is 2.20. The molecule has 2 heteroatoms. The Balaban J connectivity index is 3.46. The second-order valence-corrected chi connectivity index (χ2v) is 5.71. The lowest BCUT2D eigenvalue weighted by Gasteiger charge is -2.18. The fourth-order valence-corrected chi connectivity index (χ4v) is 2.78. The van der Waals surface area contributed by atoms with Crippen LogP contribution in [0.5, 0.6) is 0 Å². The van der Waals surface area contributed by atoms with Gasteiger partial charge in [-0.1, -0.05) is 27.7 Å². The van der Waals surface area contributed by atoms with E-state index in [0.29, 0.717) is 6.04 Å². The molecule has 2 atom stereocenters. The van der Waals surface area contributed by atoms with E-state index < -0.39 is 0 Å². The minimum absolute atomic E-state index is 0.663. The Kier molecular flexibility index (Phi) is 6.96. The molecule has 0 bridgehead atoms.